The number of rotatable bonds is 4. The van der Waals surface area contributed by atoms with Crippen molar-refractivity contribution in [2.45, 2.75) is 13.3 Å². The van der Waals surface area contributed by atoms with E-state index in [1.165, 1.54) is 33.5 Å². The van der Waals surface area contributed by atoms with Crippen LogP contribution in [-0.4, -0.2) is 18.5 Å². The molecule has 2 atom stereocenters. The molecule has 0 saturated carbocycles. The fourth-order valence-corrected chi connectivity index (χ4v) is 1.82. The Morgan fingerprint density at radius 2 is 2.29 bits per heavy atom. The molecule has 0 amide bonds. The third-order valence-electron chi connectivity index (χ3n) is 0.808. The Morgan fingerprint density at radius 1 is 1.57 bits per heavy atom. The molecular formula is C5H14P2. The average Bonchev–Trinajstić information content (AvgIpc) is 1.69. The molecule has 0 aliphatic heterocycles. The largest absolute Gasteiger partial charge is 0.138 e. The molecule has 0 radical (unpaired) electrons. The molecule has 0 rings (SSSR count). The third kappa shape index (κ3) is 6.86. The molecule has 0 nitrogen and oxygen atoms in total. The smallest absolute Gasteiger partial charge is 0.0350 e. The van der Waals surface area contributed by atoms with E-state index in [1.807, 2.05) is 0 Å². The second-order valence-electron chi connectivity index (χ2n) is 1.50. The van der Waals surface area contributed by atoms with Crippen LogP contribution >= 0.6 is 17.8 Å². The summed E-state index contributed by atoms with van der Waals surface area (Å²) in [5.41, 5.74) is 0. The molecule has 0 bridgehead atoms. The molecular weight excluding hydrogens is 122 g/mol. The molecule has 0 saturated heterocycles. The highest BCUT2D eigenvalue weighted by Crippen LogP contribution is 2.09. The monoisotopic (exact) mass is 136 g/mol. The van der Waals surface area contributed by atoms with Crippen LogP contribution in [0.1, 0.15) is 13.3 Å². The van der Waals surface area contributed by atoms with Crippen LogP contribution in [0, 0.1) is 0 Å². The van der Waals surface area contributed by atoms with Gasteiger partial charge in [0.05, 0.1) is 0 Å². The van der Waals surface area contributed by atoms with Crippen LogP contribution in [0.2, 0.25) is 0 Å². The van der Waals surface area contributed by atoms with Crippen molar-refractivity contribution >= 4 is 17.8 Å². The maximum absolute atomic E-state index is 2.75. The molecule has 0 aliphatic carbocycles. The first-order valence-corrected chi connectivity index (χ1v) is 5.05. The Morgan fingerprint density at radius 3 is 2.71 bits per heavy atom. The lowest BCUT2D eigenvalue weighted by atomic mass is 10.6. The number of hydrogen-bond acceptors (Lipinski definition) is 0. The Bertz CT molecular complexity index is 25.3. The Labute approximate surface area is 50.4 Å². The summed E-state index contributed by atoms with van der Waals surface area (Å²) < 4.78 is 0. The highest BCUT2D eigenvalue weighted by molar-refractivity contribution is 7.37. The molecule has 0 N–H and O–H groups in total. The summed E-state index contributed by atoms with van der Waals surface area (Å²) in [5.74, 6) is 0. The van der Waals surface area contributed by atoms with Crippen LogP contribution in [-0.2, 0) is 0 Å². The minimum atomic E-state index is 1.21. The van der Waals surface area contributed by atoms with Crippen molar-refractivity contribution in [3.63, 3.8) is 0 Å². The Hall–Kier alpha value is 0.860. The van der Waals surface area contributed by atoms with E-state index in [4.69, 9.17) is 0 Å². The van der Waals surface area contributed by atoms with Crippen LogP contribution in [0.4, 0.5) is 0 Å². The predicted octanol–water partition coefficient (Wildman–Crippen LogP) is 1.95. The van der Waals surface area contributed by atoms with Gasteiger partial charge in [0.25, 0.3) is 0 Å². The Balaban J connectivity index is 2.45. The van der Waals surface area contributed by atoms with Crippen LogP contribution < -0.4 is 0 Å². The van der Waals surface area contributed by atoms with Crippen molar-refractivity contribution in [1.29, 1.82) is 0 Å². The predicted molar refractivity (Wildman–Crippen MR) is 42.9 cm³/mol. The zero-order valence-corrected chi connectivity index (χ0v) is 7.06. The zero-order chi connectivity index (χ0) is 5.54. The van der Waals surface area contributed by atoms with Gasteiger partial charge < -0.3 is 0 Å². The summed E-state index contributed by atoms with van der Waals surface area (Å²) in [6, 6.07) is 0. The van der Waals surface area contributed by atoms with Gasteiger partial charge in [-0.2, -0.15) is 0 Å². The minimum absolute atomic E-state index is 1.21. The molecule has 44 valence electrons. The van der Waals surface area contributed by atoms with E-state index in [9.17, 15) is 0 Å². The first kappa shape index (κ1) is 7.86. The van der Waals surface area contributed by atoms with Gasteiger partial charge in [0.2, 0.25) is 0 Å². The van der Waals surface area contributed by atoms with Gasteiger partial charge in [0.15, 0.2) is 0 Å². The van der Waals surface area contributed by atoms with E-state index in [-0.39, 0.29) is 0 Å². The van der Waals surface area contributed by atoms with Gasteiger partial charge in [-0.3, -0.25) is 0 Å². The van der Waals surface area contributed by atoms with Crippen molar-refractivity contribution in [3.8, 4) is 0 Å². The zero-order valence-electron chi connectivity index (χ0n) is 4.91. The lowest BCUT2D eigenvalue weighted by Gasteiger charge is -1.91. The normalized spacial score (nSPS) is 11.1. The van der Waals surface area contributed by atoms with E-state index in [2.05, 4.69) is 16.2 Å². The van der Waals surface area contributed by atoms with E-state index < -0.39 is 0 Å². The number of hydrogen-bond donors (Lipinski definition) is 0. The van der Waals surface area contributed by atoms with Gasteiger partial charge in [-0.1, -0.05) is 6.92 Å². The van der Waals surface area contributed by atoms with Gasteiger partial charge in [-0.15, -0.1) is 17.8 Å². The lowest BCUT2D eigenvalue weighted by Crippen LogP contribution is -1.76. The Kier molecular flexibility index (Phi) is 7.70. The molecule has 0 aromatic rings. The fraction of sp³-hybridized carbons (Fsp3) is 1.00. The first-order valence-electron chi connectivity index (χ1n) is 2.82. The highest BCUT2D eigenvalue weighted by atomic mass is 31.1. The molecule has 0 aromatic carbocycles. The fourth-order valence-electron chi connectivity index (χ4n) is 0.404. The highest BCUT2D eigenvalue weighted by Gasteiger charge is 1.79. The van der Waals surface area contributed by atoms with E-state index >= 15 is 0 Å². The van der Waals surface area contributed by atoms with Crippen molar-refractivity contribution < 1.29 is 0 Å². The van der Waals surface area contributed by atoms with Crippen molar-refractivity contribution in [2.75, 3.05) is 18.5 Å². The average molecular weight is 136 g/mol. The molecule has 0 aliphatic rings. The topological polar surface area (TPSA) is 0 Å². The molecule has 7 heavy (non-hydrogen) atoms. The van der Waals surface area contributed by atoms with Crippen LogP contribution in [0.15, 0.2) is 0 Å². The van der Waals surface area contributed by atoms with E-state index in [1.54, 1.807) is 0 Å². The van der Waals surface area contributed by atoms with Crippen LogP contribution in [0.25, 0.3) is 0 Å². The van der Waals surface area contributed by atoms with Gasteiger partial charge >= 0.3 is 0 Å². The van der Waals surface area contributed by atoms with Gasteiger partial charge in [0.1, 0.15) is 0 Å². The summed E-state index contributed by atoms with van der Waals surface area (Å²) in [7, 11) is 3.96. The van der Waals surface area contributed by atoms with E-state index in [0.29, 0.717) is 0 Å². The van der Waals surface area contributed by atoms with Gasteiger partial charge in [-0.05, 0) is 24.9 Å². The SMILES string of the molecule is CCPCCCP. The minimum Gasteiger partial charge on any atom is -0.138 e. The second-order valence-corrected chi connectivity index (χ2v) is 3.78. The third-order valence-corrected chi connectivity index (χ3v) is 2.42. The molecule has 0 fully saturated rings. The molecule has 2 heteroatoms. The summed E-state index contributed by atoms with van der Waals surface area (Å²) in [4.78, 5) is 0. The quantitative estimate of drug-likeness (QED) is 0.409. The first-order chi connectivity index (χ1) is 3.41. The molecule has 2 unspecified atom stereocenters. The maximum atomic E-state index is 2.75. The van der Waals surface area contributed by atoms with Gasteiger partial charge in [-0.25, -0.2) is 0 Å². The summed E-state index contributed by atoms with van der Waals surface area (Å²) in [5, 5.41) is 0. The maximum Gasteiger partial charge on any atom is -0.0350 e. The summed E-state index contributed by atoms with van der Waals surface area (Å²) in [6.45, 7) is 2.25. The summed E-state index contributed by atoms with van der Waals surface area (Å²) >= 11 is 0. The molecule has 0 spiro atoms. The van der Waals surface area contributed by atoms with Crippen LogP contribution in [0.3, 0.4) is 0 Å². The second kappa shape index (κ2) is 6.86. The van der Waals surface area contributed by atoms with Crippen molar-refractivity contribution in [1.82, 2.24) is 0 Å². The van der Waals surface area contributed by atoms with E-state index in [0.717, 1.165) is 0 Å². The van der Waals surface area contributed by atoms with Crippen LogP contribution in [0.5, 0.6) is 0 Å². The van der Waals surface area contributed by atoms with Crippen molar-refractivity contribution in [3.05, 3.63) is 0 Å². The summed E-state index contributed by atoms with van der Waals surface area (Å²) in [6.07, 6.45) is 5.51. The lowest BCUT2D eigenvalue weighted by molar-refractivity contribution is 1.12. The molecule has 0 heterocycles. The standard InChI is InChI=1S/C5H14P2/c1-2-7-5-3-4-6/h7H,2-6H2,1H3. The molecule has 0 aromatic heterocycles. The van der Waals surface area contributed by atoms with Crippen molar-refractivity contribution in [2.24, 2.45) is 0 Å². The van der Waals surface area contributed by atoms with Gasteiger partial charge in [0, 0.05) is 0 Å².